The molecule has 0 aliphatic carbocycles. The second kappa shape index (κ2) is 7.30. The third-order valence-electron chi connectivity index (χ3n) is 6.65. The summed E-state index contributed by atoms with van der Waals surface area (Å²) in [4.78, 5) is 19.7. The minimum Gasteiger partial charge on any atom is -0.349 e. The Morgan fingerprint density at radius 3 is 2.72 bits per heavy atom. The van der Waals surface area contributed by atoms with Crippen LogP contribution in [0.25, 0.3) is 11.0 Å². The lowest BCUT2D eigenvalue weighted by atomic mass is 9.76. The van der Waals surface area contributed by atoms with Gasteiger partial charge in [-0.3, -0.25) is 9.69 Å². The zero-order chi connectivity index (χ0) is 19.8. The van der Waals surface area contributed by atoms with Crippen molar-refractivity contribution in [3.05, 3.63) is 66.0 Å². The first-order valence-corrected chi connectivity index (χ1v) is 10.7. The lowest BCUT2D eigenvalue weighted by molar-refractivity contribution is -0.125. The van der Waals surface area contributed by atoms with Gasteiger partial charge in [0, 0.05) is 32.0 Å². The Morgan fingerprint density at radius 1 is 1.14 bits per heavy atom. The average Bonchev–Trinajstić information content (AvgIpc) is 3.26. The van der Waals surface area contributed by atoms with Gasteiger partial charge in [-0.1, -0.05) is 42.5 Å². The van der Waals surface area contributed by atoms with Crippen molar-refractivity contribution < 1.29 is 4.79 Å². The number of rotatable bonds is 4. The number of imidazole rings is 1. The number of carbonyl (C=O) groups is 1. The summed E-state index contributed by atoms with van der Waals surface area (Å²) in [5.74, 6) is 1.62. The highest BCUT2D eigenvalue weighted by Gasteiger charge is 2.49. The van der Waals surface area contributed by atoms with E-state index in [1.807, 2.05) is 6.07 Å². The third kappa shape index (κ3) is 3.23. The largest absolute Gasteiger partial charge is 0.349 e. The molecular formula is C24H28N4O. The van der Waals surface area contributed by atoms with Crippen LogP contribution in [0.1, 0.15) is 43.5 Å². The summed E-state index contributed by atoms with van der Waals surface area (Å²) in [5.41, 5.74) is 3.41. The Bertz CT molecular complexity index is 1030. The molecule has 2 aliphatic rings. The number of para-hydroxylation sites is 2. The molecule has 5 heteroatoms. The summed E-state index contributed by atoms with van der Waals surface area (Å²) < 4.78 is 2.32. The first kappa shape index (κ1) is 18.4. The molecule has 3 aromatic rings. The van der Waals surface area contributed by atoms with Crippen molar-refractivity contribution in [2.45, 2.75) is 50.7 Å². The number of benzene rings is 2. The Hall–Kier alpha value is -2.66. The van der Waals surface area contributed by atoms with Gasteiger partial charge in [0.05, 0.1) is 23.1 Å². The molecule has 5 nitrogen and oxygen atoms in total. The van der Waals surface area contributed by atoms with Crippen LogP contribution in [0, 0.1) is 0 Å². The Morgan fingerprint density at radius 2 is 1.93 bits per heavy atom. The molecule has 29 heavy (non-hydrogen) atoms. The van der Waals surface area contributed by atoms with Gasteiger partial charge < -0.3 is 9.88 Å². The number of likely N-dealkylation sites (tertiary alicyclic amines) is 1. The van der Waals surface area contributed by atoms with Gasteiger partial charge in [0.25, 0.3) is 0 Å². The summed E-state index contributed by atoms with van der Waals surface area (Å²) in [5, 5.41) is 3.40. The number of aromatic nitrogens is 2. The monoisotopic (exact) mass is 388 g/mol. The van der Waals surface area contributed by atoms with Gasteiger partial charge in [0.15, 0.2) is 0 Å². The molecule has 150 valence electrons. The number of hydrogen-bond acceptors (Lipinski definition) is 3. The van der Waals surface area contributed by atoms with Gasteiger partial charge >= 0.3 is 0 Å². The summed E-state index contributed by atoms with van der Waals surface area (Å²) in [6, 6.07) is 19.0. The number of aryl methyl sites for hydroxylation is 1. The van der Waals surface area contributed by atoms with Gasteiger partial charge in [-0.25, -0.2) is 4.98 Å². The number of amides is 1. The molecule has 1 aromatic heterocycles. The van der Waals surface area contributed by atoms with Crippen LogP contribution in [0.2, 0.25) is 0 Å². The van der Waals surface area contributed by atoms with Gasteiger partial charge in [-0.2, -0.15) is 0 Å². The van der Waals surface area contributed by atoms with Gasteiger partial charge in [-0.15, -0.1) is 0 Å². The maximum Gasteiger partial charge on any atom is 0.220 e. The highest BCUT2D eigenvalue weighted by Crippen LogP contribution is 2.41. The second-order valence-electron chi connectivity index (χ2n) is 8.45. The van der Waals surface area contributed by atoms with Crippen molar-refractivity contribution in [1.82, 2.24) is 19.8 Å². The minimum absolute atomic E-state index is 0.167. The molecule has 0 unspecified atom stereocenters. The van der Waals surface area contributed by atoms with E-state index in [9.17, 15) is 4.79 Å². The van der Waals surface area contributed by atoms with E-state index >= 15 is 0 Å². The average molecular weight is 389 g/mol. The van der Waals surface area contributed by atoms with E-state index in [2.05, 4.69) is 70.2 Å². The number of carbonyl (C=O) groups excluding carboxylic acids is 1. The summed E-state index contributed by atoms with van der Waals surface area (Å²) in [7, 11) is 0. The standard InChI is InChI=1S/C24H28N4O/c1-2-28-21-12-7-6-11-20(21)25-22(28)16-27-15-19(18-9-4-3-5-10-18)24(17-27)14-8-13-23(29)26-24/h3-7,9-12,19H,2,8,13-17H2,1H3,(H,26,29)/t19-,24+/m0/s1. The Balaban J connectivity index is 1.47. The second-order valence-corrected chi connectivity index (χ2v) is 8.45. The molecule has 1 spiro atoms. The van der Waals surface area contributed by atoms with Gasteiger partial charge in [-0.05, 0) is 37.5 Å². The van der Waals surface area contributed by atoms with Crippen LogP contribution in [-0.2, 0) is 17.9 Å². The predicted octanol–water partition coefficient (Wildman–Crippen LogP) is 3.69. The van der Waals surface area contributed by atoms with Gasteiger partial charge in [0.2, 0.25) is 5.91 Å². The zero-order valence-corrected chi connectivity index (χ0v) is 17.0. The molecule has 0 saturated carbocycles. The normalized spacial score (nSPS) is 25.0. The van der Waals surface area contributed by atoms with Crippen LogP contribution >= 0.6 is 0 Å². The van der Waals surface area contributed by atoms with E-state index < -0.39 is 0 Å². The summed E-state index contributed by atoms with van der Waals surface area (Å²) >= 11 is 0. The van der Waals surface area contributed by atoms with Crippen molar-refractivity contribution in [2.75, 3.05) is 13.1 Å². The molecular weight excluding hydrogens is 360 g/mol. The Labute approximate surface area is 171 Å². The quantitative estimate of drug-likeness (QED) is 0.742. The third-order valence-corrected chi connectivity index (χ3v) is 6.65. The SMILES string of the molecule is CCn1c(CN2C[C@@H](c3ccccc3)[C@@]3(CCCC(=O)N3)C2)nc2ccccc21. The van der Waals surface area contributed by atoms with Crippen molar-refractivity contribution in [3.63, 3.8) is 0 Å². The van der Waals surface area contributed by atoms with Gasteiger partial charge in [0.1, 0.15) is 5.82 Å². The van der Waals surface area contributed by atoms with Crippen molar-refractivity contribution >= 4 is 16.9 Å². The number of nitrogens with one attached hydrogen (secondary N) is 1. The molecule has 1 N–H and O–H groups in total. The van der Waals surface area contributed by atoms with Crippen LogP contribution in [0.4, 0.5) is 0 Å². The van der Waals surface area contributed by atoms with Crippen LogP contribution in [0.15, 0.2) is 54.6 Å². The number of fused-ring (bicyclic) bond motifs is 1. The fourth-order valence-corrected chi connectivity index (χ4v) is 5.38. The van der Waals surface area contributed by atoms with E-state index in [4.69, 9.17) is 4.98 Å². The maximum absolute atomic E-state index is 12.3. The minimum atomic E-state index is -0.167. The highest BCUT2D eigenvalue weighted by molar-refractivity contribution is 5.78. The molecule has 0 bridgehead atoms. The van der Waals surface area contributed by atoms with Crippen molar-refractivity contribution in [2.24, 2.45) is 0 Å². The molecule has 2 fully saturated rings. The lowest BCUT2D eigenvalue weighted by Gasteiger charge is -2.39. The fourth-order valence-electron chi connectivity index (χ4n) is 5.38. The predicted molar refractivity (Wildman–Crippen MR) is 115 cm³/mol. The smallest absolute Gasteiger partial charge is 0.220 e. The number of piperidine rings is 1. The molecule has 2 aromatic carbocycles. The van der Waals surface area contributed by atoms with E-state index in [-0.39, 0.29) is 11.4 Å². The first-order chi connectivity index (χ1) is 14.2. The highest BCUT2D eigenvalue weighted by atomic mass is 16.1. The van der Waals surface area contributed by atoms with E-state index in [1.165, 1.54) is 11.1 Å². The molecule has 2 atom stereocenters. The van der Waals surface area contributed by atoms with Crippen LogP contribution in [0.5, 0.6) is 0 Å². The van der Waals surface area contributed by atoms with Crippen molar-refractivity contribution in [3.8, 4) is 0 Å². The maximum atomic E-state index is 12.3. The summed E-state index contributed by atoms with van der Waals surface area (Å²) in [6.45, 7) is 5.72. The topological polar surface area (TPSA) is 50.2 Å². The number of nitrogens with zero attached hydrogens (tertiary/aromatic N) is 3. The molecule has 5 rings (SSSR count). The number of hydrogen-bond donors (Lipinski definition) is 1. The first-order valence-electron chi connectivity index (χ1n) is 10.7. The molecule has 3 heterocycles. The Kier molecular flexibility index (Phi) is 4.63. The lowest BCUT2D eigenvalue weighted by Crippen LogP contribution is -2.56. The van der Waals surface area contributed by atoms with Crippen molar-refractivity contribution in [1.29, 1.82) is 0 Å². The molecule has 2 saturated heterocycles. The summed E-state index contributed by atoms with van der Waals surface area (Å²) in [6.07, 6.45) is 2.66. The van der Waals surface area contributed by atoms with E-state index in [0.717, 1.165) is 50.4 Å². The molecule has 2 aliphatic heterocycles. The fraction of sp³-hybridized carbons (Fsp3) is 0.417. The zero-order valence-electron chi connectivity index (χ0n) is 17.0. The van der Waals surface area contributed by atoms with Crippen LogP contribution < -0.4 is 5.32 Å². The van der Waals surface area contributed by atoms with E-state index in [0.29, 0.717) is 12.3 Å². The van der Waals surface area contributed by atoms with Crippen LogP contribution in [-0.4, -0.2) is 39.0 Å². The van der Waals surface area contributed by atoms with Crippen LogP contribution in [0.3, 0.4) is 0 Å². The van der Waals surface area contributed by atoms with E-state index in [1.54, 1.807) is 0 Å². The molecule has 0 radical (unpaired) electrons. The molecule has 1 amide bonds.